The Balaban J connectivity index is 1.43. The molecule has 5 aromatic heterocycles. The lowest BCUT2D eigenvalue weighted by atomic mass is 9.95. The average molecular weight is 507 g/mol. The summed E-state index contributed by atoms with van der Waals surface area (Å²) in [4.78, 5) is 33.4. The number of aromatic nitrogens is 7. The summed E-state index contributed by atoms with van der Waals surface area (Å²) in [5.41, 5.74) is 4.94. The molecule has 1 aromatic carbocycles. The van der Waals surface area contributed by atoms with Crippen LogP contribution in [0.3, 0.4) is 0 Å². The van der Waals surface area contributed by atoms with E-state index in [1.54, 1.807) is 36.9 Å². The number of anilines is 1. The molecule has 0 aliphatic carbocycles. The summed E-state index contributed by atoms with van der Waals surface area (Å²) in [6, 6.07) is 10.4. The van der Waals surface area contributed by atoms with Crippen molar-refractivity contribution in [2.45, 2.75) is 20.8 Å². The molecule has 0 fully saturated rings. The first-order valence-corrected chi connectivity index (χ1v) is 12.0. The molecule has 0 bridgehead atoms. The highest BCUT2D eigenvalue weighted by molar-refractivity contribution is 5.98. The number of carbonyl (C=O) groups is 1. The number of pyridine rings is 3. The molecule has 0 saturated heterocycles. The van der Waals surface area contributed by atoms with E-state index in [1.807, 2.05) is 39.0 Å². The Bertz CT molecular complexity index is 1820. The number of carbonyl (C=O) groups excluding carboxylic acids is 1. The van der Waals surface area contributed by atoms with Crippen molar-refractivity contribution in [1.29, 1.82) is 0 Å². The van der Waals surface area contributed by atoms with Crippen molar-refractivity contribution in [2.75, 3.05) is 5.32 Å². The van der Waals surface area contributed by atoms with E-state index in [2.05, 4.69) is 35.5 Å². The predicted octanol–water partition coefficient (Wildman–Crippen LogP) is 5.75. The second-order valence-electron chi connectivity index (χ2n) is 9.99. The number of hydrogen-bond acceptors (Lipinski definition) is 6. The van der Waals surface area contributed by atoms with E-state index in [4.69, 9.17) is 4.98 Å². The van der Waals surface area contributed by atoms with Crippen molar-refractivity contribution in [3.8, 4) is 33.9 Å². The van der Waals surface area contributed by atoms with Crippen molar-refractivity contribution < 1.29 is 9.18 Å². The van der Waals surface area contributed by atoms with Crippen LogP contribution in [-0.2, 0) is 4.79 Å². The number of halogens is 1. The molecule has 0 atom stereocenters. The molecule has 6 aromatic rings. The fourth-order valence-corrected chi connectivity index (χ4v) is 4.18. The number of rotatable bonds is 4. The van der Waals surface area contributed by atoms with Gasteiger partial charge in [0.2, 0.25) is 5.91 Å². The van der Waals surface area contributed by atoms with Crippen molar-refractivity contribution in [1.82, 2.24) is 35.1 Å². The lowest BCUT2D eigenvalue weighted by Crippen LogP contribution is -2.27. The predicted molar refractivity (Wildman–Crippen MR) is 143 cm³/mol. The number of H-pyrrole nitrogens is 2. The van der Waals surface area contributed by atoms with Crippen LogP contribution < -0.4 is 5.32 Å². The van der Waals surface area contributed by atoms with Crippen molar-refractivity contribution in [3.63, 3.8) is 0 Å². The number of nitrogens with zero attached hydrogens (tertiary/aromatic N) is 5. The van der Waals surface area contributed by atoms with Gasteiger partial charge in [-0.1, -0.05) is 20.8 Å². The van der Waals surface area contributed by atoms with Crippen LogP contribution in [0.4, 0.5) is 10.1 Å². The highest BCUT2D eigenvalue weighted by atomic mass is 19.1. The summed E-state index contributed by atoms with van der Waals surface area (Å²) in [6.07, 6.45) is 8.23. The standard InChI is InChI=1S/C28H23FN8O/c1-28(2,3)27(38)33-17-10-16(13-31-14-17)18-11-19-22(12-20(18)29)36-37-24(19)26-34-21-6-9-32-23(25(21)35-26)15-4-7-30-8-5-15/h4-14H,1-3H3,(H,33,38)(H,34,35)(H,36,37). The maximum absolute atomic E-state index is 15.2. The Morgan fingerprint density at radius 2 is 1.74 bits per heavy atom. The normalized spacial score (nSPS) is 11.8. The fraction of sp³-hybridized carbons (Fsp3) is 0.143. The Hall–Kier alpha value is -4.99. The molecule has 0 spiro atoms. The topological polar surface area (TPSA) is 125 Å². The molecule has 3 N–H and O–H groups in total. The van der Waals surface area contributed by atoms with E-state index in [0.717, 1.165) is 16.8 Å². The zero-order chi connectivity index (χ0) is 26.4. The second kappa shape index (κ2) is 8.84. The van der Waals surface area contributed by atoms with Crippen LogP contribution in [0.2, 0.25) is 0 Å². The van der Waals surface area contributed by atoms with Gasteiger partial charge in [-0.05, 0) is 30.3 Å². The Morgan fingerprint density at radius 3 is 2.53 bits per heavy atom. The molecular formula is C28H23FN8O. The first-order chi connectivity index (χ1) is 18.3. The van der Waals surface area contributed by atoms with Crippen LogP contribution in [0.15, 0.2) is 67.4 Å². The van der Waals surface area contributed by atoms with E-state index in [9.17, 15) is 4.79 Å². The van der Waals surface area contributed by atoms with Gasteiger partial charge in [0.1, 0.15) is 17.0 Å². The van der Waals surface area contributed by atoms with E-state index < -0.39 is 11.2 Å². The number of imidazole rings is 1. The third-order valence-electron chi connectivity index (χ3n) is 6.22. The molecular weight excluding hydrogens is 483 g/mol. The summed E-state index contributed by atoms with van der Waals surface area (Å²) >= 11 is 0. The lowest BCUT2D eigenvalue weighted by Gasteiger charge is -2.17. The van der Waals surface area contributed by atoms with Crippen molar-refractivity contribution >= 4 is 33.5 Å². The second-order valence-corrected chi connectivity index (χ2v) is 9.99. The number of nitrogens with one attached hydrogen (secondary N) is 3. The van der Waals surface area contributed by atoms with Gasteiger partial charge in [0.05, 0.1) is 28.6 Å². The smallest absolute Gasteiger partial charge is 0.229 e. The van der Waals surface area contributed by atoms with Crippen LogP contribution in [0.5, 0.6) is 0 Å². The first-order valence-electron chi connectivity index (χ1n) is 12.0. The van der Waals surface area contributed by atoms with Gasteiger partial charge < -0.3 is 10.3 Å². The molecule has 0 aliphatic heterocycles. The summed E-state index contributed by atoms with van der Waals surface area (Å²) in [5.74, 6) is -0.0750. The maximum atomic E-state index is 15.2. The molecule has 188 valence electrons. The minimum Gasteiger partial charge on any atom is -0.336 e. The first kappa shape index (κ1) is 23.4. The molecule has 5 heterocycles. The van der Waals surface area contributed by atoms with E-state index in [-0.39, 0.29) is 5.91 Å². The minimum absolute atomic E-state index is 0.157. The van der Waals surface area contributed by atoms with Gasteiger partial charge in [-0.15, -0.1) is 0 Å². The molecule has 0 radical (unpaired) electrons. The molecule has 1 amide bonds. The summed E-state index contributed by atoms with van der Waals surface area (Å²) in [6.45, 7) is 5.46. The van der Waals surface area contributed by atoms with Crippen LogP contribution in [0.1, 0.15) is 20.8 Å². The van der Waals surface area contributed by atoms with E-state index in [1.165, 1.54) is 12.3 Å². The Morgan fingerprint density at radius 1 is 0.921 bits per heavy atom. The highest BCUT2D eigenvalue weighted by Gasteiger charge is 2.22. The third kappa shape index (κ3) is 4.15. The van der Waals surface area contributed by atoms with Crippen LogP contribution in [0.25, 0.3) is 55.8 Å². The SMILES string of the molecule is CC(C)(C)C(=O)Nc1cncc(-c2cc3c(-c4nc5c(-c6ccncc6)nccc5[nH]4)n[nH]c3cc2F)c1. The van der Waals surface area contributed by atoms with Crippen LogP contribution in [-0.4, -0.2) is 41.0 Å². The Labute approximate surface area is 216 Å². The van der Waals surface area contributed by atoms with E-state index in [0.29, 0.717) is 44.8 Å². The maximum Gasteiger partial charge on any atom is 0.229 e. The molecule has 0 aliphatic rings. The largest absolute Gasteiger partial charge is 0.336 e. The third-order valence-corrected chi connectivity index (χ3v) is 6.22. The fourth-order valence-electron chi connectivity index (χ4n) is 4.18. The molecule has 38 heavy (non-hydrogen) atoms. The van der Waals surface area contributed by atoms with Gasteiger partial charge in [-0.2, -0.15) is 5.10 Å². The summed E-state index contributed by atoms with van der Waals surface area (Å²) in [5, 5.41) is 10.9. The van der Waals surface area contributed by atoms with Gasteiger partial charge in [-0.3, -0.25) is 24.8 Å². The molecule has 0 unspecified atom stereocenters. The monoisotopic (exact) mass is 506 g/mol. The molecule has 6 rings (SSSR count). The lowest BCUT2D eigenvalue weighted by molar-refractivity contribution is -0.123. The van der Waals surface area contributed by atoms with E-state index >= 15 is 4.39 Å². The molecule has 0 saturated carbocycles. The zero-order valence-electron chi connectivity index (χ0n) is 20.9. The zero-order valence-corrected chi connectivity index (χ0v) is 20.9. The van der Waals surface area contributed by atoms with Crippen molar-refractivity contribution in [3.05, 3.63) is 73.2 Å². The van der Waals surface area contributed by atoms with Crippen molar-refractivity contribution in [2.24, 2.45) is 5.41 Å². The number of benzene rings is 1. The number of fused-ring (bicyclic) bond motifs is 2. The van der Waals surface area contributed by atoms with Crippen LogP contribution in [0, 0.1) is 11.2 Å². The molecule has 10 heteroatoms. The average Bonchev–Trinajstić information content (AvgIpc) is 3.52. The summed E-state index contributed by atoms with van der Waals surface area (Å²) < 4.78 is 15.2. The summed E-state index contributed by atoms with van der Waals surface area (Å²) in [7, 11) is 0. The van der Waals surface area contributed by atoms with Gasteiger partial charge in [0, 0.05) is 58.3 Å². The van der Waals surface area contributed by atoms with Gasteiger partial charge in [-0.25, -0.2) is 9.37 Å². The van der Waals surface area contributed by atoms with Gasteiger partial charge >= 0.3 is 0 Å². The van der Waals surface area contributed by atoms with Crippen LogP contribution >= 0.6 is 0 Å². The number of hydrogen-bond donors (Lipinski definition) is 3. The Kier molecular flexibility index (Phi) is 5.45. The number of amides is 1. The van der Waals surface area contributed by atoms with Gasteiger partial charge in [0.25, 0.3) is 0 Å². The number of aromatic amines is 2. The highest BCUT2D eigenvalue weighted by Crippen LogP contribution is 2.34. The minimum atomic E-state index is -0.578. The van der Waals surface area contributed by atoms with Gasteiger partial charge in [0.15, 0.2) is 5.82 Å². The molecule has 9 nitrogen and oxygen atoms in total. The quantitative estimate of drug-likeness (QED) is 0.280.